The lowest BCUT2D eigenvalue weighted by Crippen LogP contribution is -2.35. The van der Waals surface area contributed by atoms with Gasteiger partial charge >= 0.3 is 0 Å². The number of likely N-dealkylation sites (tertiary alicyclic amines) is 1. The lowest BCUT2D eigenvalue weighted by atomic mass is 9.96. The zero-order valence-corrected chi connectivity index (χ0v) is 17.4. The molecule has 6 nitrogen and oxygen atoms in total. The summed E-state index contributed by atoms with van der Waals surface area (Å²) in [6.45, 7) is 6.27. The molecule has 1 aliphatic carbocycles. The maximum atomic E-state index is 6.11. The third-order valence-electron chi connectivity index (χ3n) is 6.70. The predicted molar refractivity (Wildman–Crippen MR) is 113 cm³/mol. The maximum Gasteiger partial charge on any atom is 0.137 e. The van der Waals surface area contributed by atoms with Gasteiger partial charge in [-0.3, -0.25) is 4.90 Å². The fourth-order valence-electron chi connectivity index (χ4n) is 5.14. The molecule has 1 aromatic carbocycles. The van der Waals surface area contributed by atoms with Crippen LogP contribution in [0.5, 0.6) is 5.75 Å². The van der Waals surface area contributed by atoms with Crippen molar-refractivity contribution >= 4 is 0 Å². The lowest BCUT2D eigenvalue weighted by Gasteiger charge is -2.32. The van der Waals surface area contributed by atoms with E-state index >= 15 is 0 Å². The number of fused-ring (bicyclic) bond motifs is 1. The molecular formula is C23H33N5O. The van der Waals surface area contributed by atoms with Crippen LogP contribution in [0, 0.1) is 0 Å². The number of nitrogens with one attached hydrogen (secondary N) is 1. The van der Waals surface area contributed by atoms with E-state index in [0.717, 1.165) is 50.7 Å². The fourth-order valence-corrected chi connectivity index (χ4v) is 5.14. The zero-order chi connectivity index (χ0) is 19.5. The second-order valence-electron chi connectivity index (χ2n) is 8.87. The Labute approximate surface area is 173 Å². The van der Waals surface area contributed by atoms with Gasteiger partial charge in [0.25, 0.3) is 0 Å². The highest BCUT2D eigenvalue weighted by Crippen LogP contribution is 2.28. The molecule has 1 N–H and O–H groups in total. The van der Waals surface area contributed by atoms with Crippen molar-refractivity contribution in [3.05, 3.63) is 41.5 Å². The Kier molecular flexibility index (Phi) is 5.81. The number of ether oxygens (including phenoxy) is 1. The molecule has 0 bridgehead atoms. The maximum absolute atomic E-state index is 6.11. The van der Waals surface area contributed by atoms with Crippen LogP contribution in [-0.2, 0) is 19.5 Å². The van der Waals surface area contributed by atoms with Crippen LogP contribution in [0.3, 0.4) is 0 Å². The first kappa shape index (κ1) is 19.1. The second kappa shape index (κ2) is 8.84. The summed E-state index contributed by atoms with van der Waals surface area (Å²) in [5.41, 5.74) is 1.37. The quantitative estimate of drug-likeness (QED) is 0.843. The highest BCUT2D eigenvalue weighted by Gasteiger charge is 2.27. The predicted octanol–water partition coefficient (Wildman–Crippen LogP) is 3.12. The van der Waals surface area contributed by atoms with Crippen LogP contribution in [0.4, 0.5) is 0 Å². The number of rotatable bonds is 5. The number of aromatic nitrogens is 3. The van der Waals surface area contributed by atoms with Crippen LogP contribution in [0.1, 0.15) is 61.7 Å². The van der Waals surface area contributed by atoms with Crippen molar-refractivity contribution in [2.45, 2.75) is 70.1 Å². The van der Waals surface area contributed by atoms with E-state index in [9.17, 15) is 0 Å². The first-order chi connectivity index (χ1) is 14.3. The Morgan fingerprint density at radius 2 is 1.83 bits per heavy atom. The Bertz CT molecular complexity index is 796. The largest absolute Gasteiger partial charge is 0.490 e. The van der Waals surface area contributed by atoms with Gasteiger partial charge in [-0.1, -0.05) is 12.1 Å². The number of piperidine rings is 1. The molecule has 5 rings (SSSR count). The van der Waals surface area contributed by atoms with Crippen molar-refractivity contribution in [2.75, 3.05) is 26.2 Å². The van der Waals surface area contributed by atoms with Gasteiger partial charge in [-0.15, -0.1) is 10.2 Å². The van der Waals surface area contributed by atoms with Crippen molar-refractivity contribution < 1.29 is 4.74 Å². The SMILES string of the molecule is c1cc(OC2CCCC2)ccc1CN1CCC[C@@H](c2nnc3n2CCNCC3)C1. The minimum atomic E-state index is 0.428. The standard InChI is InChI=1S/C23H33N5O/c1-2-6-20(5-1)29-21-9-7-18(8-10-21)16-27-14-3-4-19(17-27)23-26-25-22-11-12-24-13-15-28(22)23/h7-10,19-20,24H,1-6,11-17H2/t19-/m1/s1. The number of nitrogens with zero attached hydrogens (tertiary/aromatic N) is 4. The van der Waals surface area contributed by atoms with Crippen molar-refractivity contribution in [3.8, 4) is 5.75 Å². The van der Waals surface area contributed by atoms with Gasteiger partial charge in [-0.2, -0.15) is 0 Å². The van der Waals surface area contributed by atoms with E-state index in [1.807, 2.05) is 0 Å². The Balaban J connectivity index is 1.21. The molecule has 1 saturated heterocycles. The Morgan fingerprint density at radius 3 is 2.69 bits per heavy atom. The van der Waals surface area contributed by atoms with E-state index in [1.165, 1.54) is 56.5 Å². The highest BCUT2D eigenvalue weighted by molar-refractivity contribution is 5.27. The van der Waals surface area contributed by atoms with E-state index in [4.69, 9.17) is 4.74 Å². The van der Waals surface area contributed by atoms with Crippen molar-refractivity contribution in [3.63, 3.8) is 0 Å². The van der Waals surface area contributed by atoms with Crippen LogP contribution >= 0.6 is 0 Å². The minimum absolute atomic E-state index is 0.428. The van der Waals surface area contributed by atoms with Crippen LogP contribution in [0.15, 0.2) is 24.3 Å². The number of hydrogen-bond donors (Lipinski definition) is 1. The first-order valence-corrected chi connectivity index (χ1v) is 11.5. The third kappa shape index (κ3) is 4.48. The fraction of sp³-hybridized carbons (Fsp3) is 0.652. The molecule has 2 aromatic rings. The summed E-state index contributed by atoms with van der Waals surface area (Å²) in [5.74, 6) is 3.87. The molecule has 1 saturated carbocycles. The van der Waals surface area contributed by atoms with Crippen molar-refractivity contribution in [1.82, 2.24) is 25.0 Å². The van der Waals surface area contributed by atoms with Crippen molar-refractivity contribution in [2.24, 2.45) is 0 Å². The molecule has 0 unspecified atom stereocenters. The highest BCUT2D eigenvalue weighted by atomic mass is 16.5. The molecule has 1 aromatic heterocycles. The lowest BCUT2D eigenvalue weighted by molar-refractivity contribution is 0.194. The van der Waals surface area contributed by atoms with E-state index < -0.39 is 0 Å². The van der Waals surface area contributed by atoms with Gasteiger partial charge in [-0.05, 0) is 62.8 Å². The monoisotopic (exact) mass is 395 g/mol. The average Bonchev–Trinajstić information content (AvgIpc) is 3.34. The summed E-state index contributed by atoms with van der Waals surface area (Å²) >= 11 is 0. The Morgan fingerprint density at radius 1 is 0.966 bits per heavy atom. The van der Waals surface area contributed by atoms with Gasteiger partial charge < -0.3 is 14.6 Å². The molecule has 3 heterocycles. The smallest absolute Gasteiger partial charge is 0.137 e. The van der Waals surface area contributed by atoms with Gasteiger partial charge in [-0.25, -0.2) is 0 Å². The number of benzene rings is 1. The van der Waals surface area contributed by atoms with Gasteiger partial charge in [0.2, 0.25) is 0 Å². The summed E-state index contributed by atoms with van der Waals surface area (Å²) in [6.07, 6.45) is 8.90. The van der Waals surface area contributed by atoms with Crippen LogP contribution in [0.2, 0.25) is 0 Å². The second-order valence-corrected chi connectivity index (χ2v) is 8.87. The minimum Gasteiger partial charge on any atom is -0.490 e. The molecule has 0 radical (unpaired) electrons. The average molecular weight is 396 g/mol. The first-order valence-electron chi connectivity index (χ1n) is 11.5. The summed E-state index contributed by atoms with van der Waals surface area (Å²) in [5, 5.41) is 12.6. The van der Waals surface area contributed by atoms with Crippen LogP contribution in [-0.4, -0.2) is 51.9 Å². The van der Waals surface area contributed by atoms with Crippen molar-refractivity contribution in [1.29, 1.82) is 0 Å². The molecule has 2 fully saturated rings. The Hall–Kier alpha value is -1.92. The zero-order valence-electron chi connectivity index (χ0n) is 17.4. The normalized spacial score (nSPS) is 23.7. The molecule has 6 heteroatoms. The molecule has 3 aliphatic rings. The van der Waals surface area contributed by atoms with Gasteiger partial charge in [0.05, 0.1) is 6.10 Å². The van der Waals surface area contributed by atoms with Gasteiger partial charge in [0, 0.05) is 45.1 Å². The summed E-state index contributed by atoms with van der Waals surface area (Å²) in [4.78, 5) is 2.58. The van der Waals surface area contributed by atoms with Crippen LogP contribution < -0.4 is 10.1 Å². The summed E-state index contributed by atoms with van der Waals surface area (Å²) in [7, 11) is 0. The topological polar surface area (TPSA) is 55.2 Å². The molecular weight excluding hydrogens is 362 g/mol. The van der Waals surface area contributed by atoms with E-state index in [-0.39, 0.29) is 0 Å². The van der Waals surface area contributed by atoms with Gasteiger partial charge in [0.15, 0.2) is 0 Å². The molecule has 2 aliphatic heterocycles. The van der Waals surface area contributed by atoms with Crippen LogP contribution in [0.25, 0.3) is 0 Å². The summed E-state index contributed by atoms with van der Waals surface area (Å²) in [6, 6.07) is 8.78. The molecule has 1 atom stereocenters. The number of hydrogen-bond acceptors (Lipinski definition) is 5. The van der Waals surface area contributed by atoms with Gasteiger partial charge in [0.1, 0.15) is 17.4 Å². The third-order valence-corrected chi connectivity index (χ3v) is 6.70. The van der Waals surface area contributed by atoms with E-state index in [2.05, 4.69) is 49.2 Å². The molecule has 156 valence electrons. The van der Waals surface area contributed by atoms with E-state index in [1.54, 1.807) is 0 Å². The van der Waals surface area contributed by atoms with E-state index in [0.29, 0.717) is 12.0 Å². The molecule has 29 heavy (non-hydrogen) atoms. The summed E-state index contributed by atoms with van der Waals surface area (Å²) < 4.78 is 8.49. The molecule has 0 amide bonds. The molecule has 0 spiro atoms.